The third-order valence-corrected chi connectivity index (χ3v) is 3.50. The lowest BCUT2D eigenvalue weighted by molar-refractivity contribution is 0.304. The van der Waals surface area contributed by atoms with Gasteiger partial charge in [-0.25, -0.2) is 8.78 Å². The van der Waals surface area contributed by atoms with Crippen molar-refractivity contribution < 1.29 is 8.78 Å². The van der Waals surface area contributed by atoms with Gasteiger partial charge in [-0.05, 0) is 43.5 Å². The molecule has 1 aliphatic rings. The summed E-state index contributed by atoms with van der Waals surface area (Å²) in [5, 5.41) is 3.28. The van der Waals surface area contributed by atoms with E-state index in [4.69, 9.17) is 0 Å². The lowest BCUT2D eigenvalue weighted by Crippen LogP contribution is -2.35. The van der Waals surface area contributed by atoms with Crippen molar-refractivity contribution in [2.45, 2.75) is 25.7 Å². The fourth-order valence-corrected chi connectivity index (χ4v) is 2.60. The Hall–Kier alpha value is -0.960. The third kappa shape index (κ3) is 2.09. The van der Waals surface area contributed by atoms with Crippen LogP contribution >= 0.6 is 0 Å². The second kappa shape index (κ2) is 4.91. The van der Waals surface area contributed by atoms with Crippen LogP contribution in [-0.4, -0.2) is 13.1 Å². The zero-order valence-electron chi connectivity index (χ0n) is 9.47. The molecule has 1 N–H and O–H groups in total. The maximum absolute atomic E-state index is 13.7. The van der Waals surface area contributed by atoms with Crippen LogP contribution < -0.4 is 5.32 Å². The molecule has 1 nitrogen and oxygen atoms in total. The Labute approximate surface area is 94.9 Å². The first kappa shape index (κ1) is 11.5. The Morgan fingerprint density at radius 3 is 2.62 bits per heavy atom. The van der Waals surface area contributed by atoms with E-state index in [2.05, 4.69) is 12.2 Å². The van der Waals surface area contributed by atoms with Crippen molar-refractivity contribution in [3.8, 4) is 0 Å². The fourth-order valence-electron chi connectivity index (χ4n) is 2.60. The minimum atomic E-state index is -0.398. The van der Waals surface area contributed by atoms with Crippen molar-refractivity contribution in [2.75, 3.05) is 13.1 Å². The SMILES string of the molecule is CCC1CNCCC1c1c(F)cccc1F. The average Bonchev–Trinajstić information content (AvgIpc) is 2.29. The molecule has 1 heterocycles. The van der Waals surface area contributed by atoms with Gasteiger partial charge in [0.1, 0.15) is 11.6 Å². The number of halogens is 2. The van der Waals surface area contributed by atoms with E-state index in [1.54, 1.807) is 0 Å². The highest BCUT2D eigenvalue weighted by atomic mass is 19.1. The second-order valence-corrected chi connectivity index (χ2v) is 4.40. The van der Waals surface area contributed by atoms with Crippen molar-refractivity contribution in [1.29, 1.82) is 0 Å². The van der Waals surface area contributed by atoms with E-state index in [-0.39, 0.29) is 11.5 Å². The predicted molar refractivity (Wildman–Crippen MR) is 60.4 cm³/mol. The van der Waals surface area contributed by atoms with Gasteiger partial charge in [0.25, 0.3) is 0 Å². The number of benzene rings is 1. The van der Waals surface area contributed by atoms with Gasteiger partial charge in [0.05, 0.1) is 0 Å². The number of piperidine rings is 1. The largest absolute Gasteiger partial charge is 0.316 e. The van der Waals surface area contributed by atoms with E-state index in [0.717, 1.165) is 25.9 Å². The summed E-state index contributed by atoms with van der Waals surface area (Å²) in [7, 11) is 0. The van der Waals surface area contributed by atoms with Crippen LogP contribution in [0.2, 0.25) is 0 Å². The summed E-state index contributed by atoms with van der Waals surface area (Å²) in [6.07, 6.45) is 1.77. The molecule has 3 heteroatoms. The number of hydrogen-bond donors (Lipinski definition) is 1. The lowest BCUT2D eigenvalue weighted by Gasteiger charge is -2.32. The Bertz CT molecular complexity index is 345. The van der Waals surface area contributed by atoms with E-state index >= 15 is 0 Å². The third-order valence-electron chi connectivity index (χ3n) is 3.50. The van der Waals surface area contributed by atoms with Gasteiger partial charge in [-0.3, -0.25) is 0 Å². The molecule has 1 aliphatic heterocycles. The Kier molecular flexibility index (Phi) is 3.54. The molecule has 0 amide bonds. The highest BCUT2D eigenvalue weighted by Crippen LogP contribution is 2.35. The van der Waals surface area contributed by atoms with Crippen LogP contribution in [0.4, 0.5) is 8.78 Å². The van der Waals surface area contributed by atoms with E-state index in [1.165, 1.54) is 18.2 Å². The summed E-state index contributed by atoms with van der Waals surface area (Å²) in [4.78, 5) is 0. The van der Waals surface area contributed by atoms with Gasteiger partial charge in [0, 0.05) is 5.56 Å². The monoisotopic (exact) mass is 225 g/mol. The Morgan fingerprint density at radius 2 is 2.00 bits per heavy atom. The number of rotatable bonds is 2. The summed E-state index contributed by atoms with van der Waals surface area (Å²) < 4.78 is 27.4. The van der Waals surface area contributed by atoms with Gasteiger partial charge < -0.3 is 5.32 Å². The molecule has 0 saturated carbocycles. The molecule has 1 saturated heterocycles. The molecule has 1 aromatic rings. The fraction of sp³-hybridized carbons (Fsp3) is 0.538. The van der Waals surface area contributed by atoms with Gasteiger partial charge in [0.2, 0.25) is 0 Å². The molecule has 1 aromatic carbocycles. The van der Waals surface area contributed by atoms with E-state index in [1.807, 2.05) is 0 Å². The van der Waals surface area contributed by atoms with Crippen LogP contribution in [0.1, 0.15) is 31.2 Å². The summed E-state index contributed by atoms with van der Waals surface area (Å²) in [6, 6.07) is 4.14. The number of nitrogens with one attached hydrogen (secondary N) is 1. The number of hydrogen-bond acceptors (Lipinski definition) is 1. The smallest absolute Gasteiger partial charge is 0.129 e. The minimum absolute atomic E-state index is 0.0208. The van der Waals surface area contributed by atoms with Crippen molar-refractivity contribution in [1.82, 2.24) is 5.32 Å². The van der Waals surface area contributed by atoms with Crippen molar-refractivity contribution in [3.05, 3.63) is 35.4 Å². The highest BCUT2D eigenvalue weighted by Gasteiger charge is 2.29. The van der Waals surface area contributed by atoms with Gasteiger partial charge >= 0.3 is 0 Å². The summed E-state index contributed by atoms with van der Waals surface area (Å²) in [6.45, 7) is 3.77. The Balaban J connectivity index is 2.34. The maximum atomic E-state index is 13.7. The molecular formula is C13H17F2N. The van der Waals surface area contributed by atoms with Crippen LogP contribution in [0.3, 0.4) is 0 Å². The second-order valence-electron chi connectivity index (χ2n) is 4.40. The highest BCUT2D eigenvalue weighted by molar-refractivity contribution is 5.25. The van der Waals surface area contributed by atoms with Crippen LogP contribution in [0.5, 0.6) is 0 Å². The molecule has 0 spiro atoms. The zero-order valence-corrected chi connectivity index (χ0v) is 9.47. The van der Waals surface area contributed by atoms with E-state index < -0.39 is 11.6 Å². The van der Waals surface area contributed by atoms with Gasteiger partial charge in [0.15, 0.2) is 0 Å². The van der Waals surface area contributed by atoms with Crippen molar-refractivity contribution in [3.63, 3.8) is 0 Å². The molecule has 16 heavy (non-hydrogen) atoms. The molecule has 0 aromatic heterocycles. The first-order valence-corrected chi connectivity index (χ1v) is 5.88. The molecule has 88 valence electrons. The van der Waals surface area contributed by atoms with Crippen molar-refractivity contribution >= 4 is 0 Å². The first-order chi connectivity index (χ1) is 7.74. The first-order valence-electron chi connectivity index (χ1n) is 5.88. The van der Waals surface area contributed by atoms with Crippen LogP contribution in [0.15, 0.2) is 18.2 Å². The molecule has 0 radical (unpaired) electrons. The molecule has 0 aliphatic carbocycles. The van der Waals surface area contributed by atoms with Crippen molar-refractivity contribution in [2.24, 2.45) is 5.92 Å². The van der Waals surface area contributed by atoms with Gasteiger partial charge in [-0.15, -0.1) is 0 Å². The van der Waals surface area contributed by atoms with E-state index in [9.17, 15) is 8.78 Å². The maximum Gasteiger partial charge on any atom is 0.129 e. The standard InChI is InChI=1S/C13H17F2N/c1-2-9-8-16-7-6-10(9)13-11(14)4-3-5-12(13)15/h3-5,9-10,16H,2,6-8H2,1H3. The van der Waals surface area contributed by atoms with Crippen LogP contribution in [-0.2, 0) is 0 Å². The summed E-state index contributed by atoms with van der Waals surface area (Å²) in [5.41, 5.74) is 0.288. The average molecular weight is 225 g/mol. The molecule has 2 rings (SSSR count). The molecule has 1 fully saturated rings. The normalized spacial score (nSPS) is 25.7. The molecule has 2 unspecified atom stereocenters. The zero-order chi connectivity index (χ0) is 11.5. The summed E-state index contributed by atoms with van der Waals surface area (Å²) in [5.74, 6) is -0.441. The van der Waals surface area contributed by atoms with Crippen LogP contribution in [0, 0.1) is 17.6 Å². The van der Waals surface area contributed by atoms with Gasteiger partial charge in [-0.1, -0.05) is 19.4 Å². The van der Waals surface area contributed by atoms with Crippen LogP contribution in [0.25, 0.3) is 0 Å². The minimum Gasteiger partial charge on any atom is -0.316 e. The topological polar surface area (TPSA) is 12.0 Å². The lowest BCUT2D eigenvalue weighted by atomic mass is 9.79. The van der Waals surface area contributed by atoms with E-state index in [0.29, 0.717) is 5.92 Å². The molecular weight excluding hydrogens is 208 g/mol. The quantitative estimate of drug-likeness (QED) is 0.815. The summed E-state index contributed by atoms with van der Waals surface area (Å²) >= 11 is 0. The molecule has 0 bridgehead atoms. The van der Waals surface area contributed by atoms with Gasteiger partial charge in [-0.2, -0.15) is 0 Å². The Morgan fingerprint density at radius 1 is 1.31 bits per heavy atom. The predicted octanol–water partition coefficient (Wildman–Crippen LogP) is 3.07. The molecule has 2 atom stereocenters.